The van der Waals surface area contributed by atoms with Gasteiger partial charge in [-0.25, -0.2) is 0 Å². The zero-order valence-electron chi connectivity index (χ0n) is 10.3. The van der Waals surface area contributed by atoms with E-state index in [0.29, 0.717) is 0 Å². The molecule has 19 heavy (non-hydrogen) atoms. The van der Waals surface area contributed by atoms with Gasteiger partial charge in [0, 0.05) is 18.1 Å². The molecule has 0 spiro atoms. The average Bonchev–Trinajstić information content (AvgIpc) is 2.34. The first-order chi connectivity index (χ1) is 8.91. The molecule has 0 aliphatic carbocycles. The van der Waals surface area contributed by atoms with Crippen LogP contribution in [0.4, 0.5) is 5.69 Å². The maximum absolute atomic E-state index is 11.1. The van der Waals surface area contributed by atoms with E-state index in [0.717, 1.165) is 6.07 Å². The Morgan fingerprint density at radius 2 is 2.11 bits per heavy atom. The Labute approximate surface area is 109 Å². The van der Waals surface area contributed by atoms with Crippen molar-refractivity contribution >= 4 is 17.4 Å². The zero-order valence-corrected chi connectivity index (χ0v) is 10.3. The molecule has 0 saturated heterocycles. The van der Waals surface area contributed by atoms with E-state index in [1.54, 1.807) is 0 Å². The van der Waals surface area contributed by atoms with Crippen LogP contribution in [0.25, 0.3) is 0 Å². The molecule has 0 saturated carbocycles. The quantitative estimate of drug-likeness (QED) is 0.350. The summed E-state index contributed by atoms with van der Waals surface area (Å²) in [5.74, 6) is -1.20. The highest BCUT2D eigenvalue weighted by Gasteiger charge is 2.17. The van der Waals surface area contributed by atoms with Gasteiger partial charge < -0.3 is 9.84 Å². The number of nitrogens with zero attached hydrogens (tertiary/aromatic N) is 1. The van der Waals surface area contributed by atoms with Crippen LogP contribution in [-0.2, 0) is 4.79 Å². The highest BCUT2D eigenvalue weighted by atomic mass is 16.6. The number of nitro groups is 1. The molecule has 7 heteroatoms. The number of hydrogen-bond acceptors (Lipinski definition) is 5. The van der Waals surface area contributed by atoms with Gasteiger partial charge in [0.05, 0.1) is 11.5 Å². The average molecular weight is 267 g/mol. The van der Waals surface area contributed by atoms with Crippen LogP contribution in [-0.4, -0.2) is 28.4 Å². The van der Waals surface area contributed by atoms with E-state index in [1.165, 1.54) is 19.1 Å². The number of ether oxygens (including phenoxy) is 1. The number of ketones is 1. The number of benzene rings is 1. The topological polar surface area (TPSA) is 107 Å². The minimum absolute atomic E-state index is 0.0281. The van der Waals surface area contributed by atoms with Crippen molar-refractivity contribution in [1.82, 2.24) is 0 Å². The Balaban J connectivity index is 2.79. The number of aliphatic carboxylic acids is 1. The fraction of sp³-hybridized carbons (Fsp3) is 0.333. The number of carbonyl (C=O) groups excluding carboxylic acids is 1. The predicted molar refractivity (Wildman–Crippen MR) is 65.5 cm³/mol. The van der Waals surface area contributed by atoms with Gasteiger partial charge in [-0.05, 0) is 25.5 Å². The van der Waals surface area contributed by atoms with Crippen LogP contribution in [0.15, 0.2) is 18.2 Å². The van der Waals surface area contributed by atoms with Crippen molar-refractivity contribution < 1.29 is 24.4 Å². The second kappa shape index (κ2) is 6.48. The zero-order chi connectivity index (χ0) is 14.4. The minimum atomic E-state index is -0.954. The molecule has 0 unspecified atom stereocenters. The molecule has 1 N–H and O–H groups in total. The van der Waals surface area contributed by atoms with E-state index in [4.69, 9.17) is 9.84 Å². The fourth-order valence-electron chi connectivity index (χ4n) is 1.41. The molecule has 1 aromatic rings. The van der Waals surface area contributed by atoms with Crippen LogP contribution < -0.4 is 4.74 Å². The van der Waals surface area contributed by atoms with E-state index >= 15 is 0 Å². The number of carbonyl (C=O) groups is 2. The summed E-state index contributed by atoms with van der Waals surface area (Å²) in [6.45, 7) is 1.37. The lowest BCUT2D eigenvalue weighted by molar-refractivity contribution is -0.385. The standard InChI is InChI=1S/C12H13NO6/c1-8(14)9-4-5-11(10(7-9)13(17)18)19-6-2-3-12(15)16/h4-5,7H,2-3,6H2,1H3,(H,15,16). The Bertz CT molecular complexity index is 511. The maximum Gasteiger partial charge on any atom is 0.311 e. The minimum Gasteiger partial charge on any atom is -0.487 e. The SMILES string of the molecule is CC(=O)c1ccc(OCCCC(=O)O)c([N+](=O)[O-])c1. The molecule has 0 bridgehead atoms. The summed E-state index contributed by atoms with van der Waals surface area (Å²) in [6, 6.07) is 3.92. The smallest absolute Gasteiger partial charge is 0.311 e. The molecule has 0 aromatic heterocycles. The largest absolute Gasteiger partial charge is 0.487 e. The van der Waals surface area contributed by atoms with Crippen LogP contribution in [0.2, 0.25) is 0 Å². The number of rotatable bonds is 7. The van der Waals surface area contributed by atoms with Gasteiger partial charge in [0.25, 0.3) is 0 Å². The molecule has 7 nitrogen and oxygen atoms in total. The summed E-state index contributed by atoms with van der Waals surface area (Å²) in [5, 5.41) is 19.3. The van der Waals surface area contributed by atoms with Gasteiger partial charge >= 0.3 is 11.7 Å². The monoisotopic (exact) mass is 267 g/mol. The second-order valence-corrected chi connectivity index (χ2v) is 3.84. The third-order valence-corrected chi connectivity index (χ3v) is 2.35. The van der Waals surface area contributed by atoms with Crippen LogP contribution in [0.1, 0.15) is 30.1 Å². The molecule has 102 valence electrons. The van der Waals surface area contributed by atoms with E-state index in [9.17, 15) is 19.7 Å². The fourth-order valence-corrected chi connectivity index (χ4v) is 1.41. The second-order valence-electron chi connectivity index (χ2n) is 3.84. The van der Waals surface area contributed by atoms with E-state index in [-0.39, 0.29) is 42.2 Å². The van der Waals surface area contributed by atoms with Gasteiger partial charge in [-0.2, -0.15) is 0 Å². The first kappa shape index (κ1) is 14.6. The Hall–Kier alpha value is -2.44. The maximum atomic E-state index is 11.1. The van der Waals surface area contributed by atoms with Crippen molar-refractivity contribution in [3.8, 4) is 5.75 Å². The summed E-state index contributed by atoms with van der Waals surface area (Å²) < 4.78 is 5.17. The molecule has 0 atom stereocenters. The van der Waals surface area contributed by atoms with Crippen molar-refractivity contribution in [2.45, 2.75) is 19.8 Å². The Morgan fingerprint density at radius 3 is 2.63 bits per heavy atom. The molecular weight excluding hydrogens is 254 g/mol. The van der Waals surface area contributed by atoms with Crippen molar-refractivity contribution in [2.75, 3.05) is 6.61 Å². The van der Waals surface area contributed by atoms with Crippen LogP contribution in [0, 0.1) is 10.1 Å². The first-order valence-corrected chi connectivity index (χ1v) is 5.55. The molecule has 1 rings (SSSR count). The van der Waals surface area contributed by atoms with Gasteiger partial charge in [0.1, 0.15) is 0 Å². The molecule has 1 aromatic carbocycles. The Kier molecular flexibility index (Phi) is 4.99. The van der Waals surface area contributed by atoms with Gasteiger partial charge in [-0.15, -0.1) is 0 Å². The lowest BCUT2D eigenvalue weighted by Gasteiger charge is -2.06. The number of hydrogen-bond donors (Lipinski definition) is 1. The molecule has 0 heterocycles. The predicted octanol–water partition coefficient (Wildman–Crippen LogP) is 2.04. The lowest BCUT2D eigenvalue weighted by Crippen LogP contribution is -2.04. The lowest BCUT2D eigenvalue weighted by atomic mass is 10.1. The molecule has 0 fully saturated rings. The normalized spacial score (nSPS) is 9.95. The highest BCUT2D eigenvalue weighted by Crippen LogP contribution is 2.28. The van der Waals surface area contributed by atoms with Crippen molar-refractivity contribution in [2.24, 2.45) is 0 Å². The van der Waals surface area contributed by atoms with Gasteiger partial charge in [-0.1, -0.05) is 0 Å². The highest BCUT2D eigenvalue weighted by molar-refractivity contribution is 5.95. The van der Waals surface area contributed by atoms with Crippen molar-refractivity contribution in [1.29, 1.82) is 0 Å². The van der Waals surface area contributed by atoms with E-state index in [1.807, 2.05) is 0 Å². The number of carboxylic acid groups (broad SMARTS) is 1. The summed E-state index contributed by atoms with van der Waals surface area (Å²) in [5.41, 5.74) is -0.0763. The van der Waals surface area contributed by atoms with Crippen LogP contribution in [0.5, 0.6) is 5.75 Å². The van der Waals surface area contributed by atoms with Crippen LogP contribution >= 0.6 is 0 Å². The number of Topliss-reactive ketones (excluding diaryl/α,β-unsaturated/α-hetero) is 1. The summed E-state index contributed by atoms with van der Waals surface area (Å²) in [6.07, 6.45) is 0.181. The van der Waals surface area contributed by atoms with Gasteiger partial charge in [0.15, 0.2) is 11.5 Å². The molecule has 0 radical (unpaired) electrons. The van der Waals surface area contributed by atoms with Crippen molar-refractivity contribution in [3.63, 3.8) is 0 Å². The molecule has 0 amide bonds. The third-order valence-electron chi connectivity index (χ3n) is 2.35. The first-order valence-electron chi connectivity index (χ1n) is 5.55. The third kappa shape index (κ3) is 4.38. The summed E-state index contributed by atoms with van der Waals surface area (Å²) >= 11 is 0. The van der Waals surface area contributed by atoms with E-state index in [2.05, 4.69) is 0 Å². The van der Waals surface area contributed by atoms with Gasteiger partial charge in [0.2, 0.25) is 0 Å². The molecular formula is C12H13NO6. The van der Waals surface area contributed by atoms with E-state index < -0.39 is 10.9 Å². The Morgan fingerprint density at radius 1 is 1.42 bits per heavy atom. The molecule has 0 aliphatic rings. The van der Waals surface area contributed by atoms with Gasteiger partial charge in [-0.3, -0.25) is 19.7 Å². The molecule has 0 aliphatic heterocycles. The van der Waals surface area contributed by atoms with Crippen molar-refractivity contribution in [3.05, 3.63) is 33.9 Å². The van der Waals surface area contributed by atoms with Crippen LogP contribution in [0.3, 0.4) is 0 Å². The number of nitro benzene ring substituents is 1. The number of carboxylic acids is 1. The summed E-state index contributed by atoms with van der Waals surface area (Å²) in [7, 11) is 0. The summed E-state index contributed by atoms with van der Waals surface area (Å²) in [4.78, 5) is 31.7.